The maximum atomic E-state index is 10.7. The Hall–Kier alpha value is -1.35. The van der Waals surface area contributed by atoms with Crippen LogP contribution in [0.15, 0.2) is 24.3 Å². The number of benzene rings is 1. The minimum absolute atomic E-state index is 0.298. The van der Waals surface area contributed by atoms with Crippen molar-refractivity contribution in [2.24, 2.45) is 5.92 Å². The lowest BCUT2D eigenvalue weighted by Gasteiger charge is -2.19. The zero-order valence-electron chi connectivity index (χ0n) is 11.5. The molecule has 0 aromatic heterocycles. The van der Waals surface area contributed by atoms with Crippen molar-refractivity contribution >= 4 is 5.97 Å². The first kappa shape index (κ1) is 14.7. The fourth-order valence-corrected chi connectivity index (χ4v) is 2.07. The van der Waals surface area contributed by atoms with Gasteiger partial charge in [0.15, 0.2) is 0 Å². The van der Waals surface area contributed by atoms with Crippen LogP contribution in [-0.4, -0.2) is 36.1 Å². The van der Waals surface area contributed by atoms with Crippen LogP contribution in [0.25, 0.3) is 0 Å². The van der Waals surface area contributed by atoms with Crippen LogP contribution >= 0.6 is 0 Å². The molecule has 1 unspecified atom stereocenters. The Balaban J connectivity index is 2.30. The highest BCUT2D eigenvalue weighted by Crippen LogP contribution is 2.10. The van der Waals surface area contributed by atoms with Crippen molar-refractivity contribution in [3.63, 3.8) is 0 Å². The van der Waals surface area contributed by atoms with Crippen LogP contribution in [0.1, 0.15) is 24.5 Å². The van der Waals surface area contributed by atoms with Crippen molar-refractivity contribution in [1.29, 1.82) is 0 Å². The third-order valence-corrected chi connectivity index (χ3v) is 3.25. The van der Waals surface area contributed by atoms with Crippen LogP contribution in [0.4, 0.5) is 0 Å². The summed E-state index contributed by atoms with van der Waals surface area (Å²) in [5.74, 6) is -1.02. The molecule has 3 nitrogen and oxygen atoms in total. The molecule has 1 N–H and O–H groups in total. The Kier molecular flexibility index (Phi) is 5.86. The number of aliphatic carboxylic acids is 1. The van der Waals surface area contributed by atoms with Crippen molar-refractivity contribution in [1.82, 2.24) is 4.90 Å². The van der Waals surface area contributed by atoms with E-state index in [0.717, 1.165) is 19.4 Å². The molecule has 0 saturated carbocycles. The summed E-state index contributed by atoms with van der Waals surface area (Å²) in [7, 11) is 1.98. The normalized spacial score (nSPS) is 12.7. The van der Waals surface area contributed by atoms with Crippen molar-refractivity contribution in [3.05, 3.63) is 35.4 Å². The fourth-order valence-electron chi connectivity index (χ4n) is 2.07. The average Bonchev–Trinajstić information content (AvgIpc) is 2.31. The molecule has 0 amide bonds. The first-order valence-electron chi connectivity index (χ1n) is 6.46. The first-order valence-corrected chi connectivity index (χ1v) is 6.46. The molecular formula is C15H23NO2. The van der Waals surface area contributed by atoms with Gasteiger partial charge in [0.2, 0.25) is 0 Å². The van der Waals surface area contributed by atoms with Gasteiger partial charge in [0.1, 0.15) is 0 Å². The molecule has 0 bridgehead atoms. The van der Waals surface area contributed by atoms with Crippen LogP contribution in [0.3, 0.4) is 0 Å². The number of aryl methyl sites for hydroxylation is 2. The second-order valence-electron chi connectivity index (χ2n) is 5.03. The van der Waals surface area contributed by atoms with Gasteiger partial charge in [-0.2, -0.15) is 0 Å². The molecule has 1 aromatic rings. The Morgan fingerprint density at radius 2 is 2.06 bits per heavy atom. The minimum atomic E-state index is -0.722. The monoisotopic (exact) mass is 249 g/mol. The third-order valence-electron chi connectivity index (χ3n) is 3.25. The highest BCUT2D eigenvalue weighted by Gasteiger charge is 2.13. The molecule has 0 heterocycles. The van der Waals surface area contributed by atoms with Gasteiger partial charge >= 0.3 is 5.97 Å². The maximum absolute atomic E-state index is 10.7. The maximum Gasteiger partial charge on any atom is 0.307 e. The first-order chi connectivity index (χ1) is 8.50. The predicted molar refractivity (Wildman–Crippen MR) is 73.8 cm³/mol. The van der Waals surface area contributed by atoms with Gasteiger partial charge in [-0.15, -0.1) is 0 Å². The lowest BCUT2D eigenvalue weighted by Crippen LogP contribution is -2.29. The largest absolute Gasteiger partial charge is 0.481 e. The molecule has 0 aliphatic heterocycles. The van der Waals surface area contributed by atoms with E-state index in [1.165, 1.54) is 11.1 Å². The zero-order valence-corrected chi connectivity index (χ0v) is 11.5. The molecule has 0 radical (unpaired) electrons. The van der Waals surface area contributed by atoms with Gasteiger partial charge in [-0.25, -0.2) is 0 Å². The summed E-state index contributed by atoms with van der Waals surface area (Å²) >= 11 is 0. The van der Waals surface area contributed by atoms with Gasteiger partial charge < -0.3 is 10.0 Å². The second kappa shape index (κ2) is 7.17. The van der Waals surface area contributed by atoms with Crippen LogP contribution in [0, 0.1) is 12.8 Å². The van der Waals surface area contributed by atoms with Crippen molar-refractivity contribution in [2.45, 2.75) is 26.7 Å². The van der Waals surface area contributed by atoms with Gasteiger partial charge in [-0.05, 0) is 44.5 Å². The summed E-state index contributed by atoms with van der Waals surface area (Å²) in [5.41, 5.74) is 2.72. The van der Waals surface area contributed by atoms with Crippen LogP contribution < -0.4 is 0 Å². The Bertz CT molecular complexity index is 390. The lowest BCUT2D eigenvalue weighted by atomic mass is 10.0. The van der Waals surface area contributed by atoms with Gasteiger partial charge in [0.25, 0.3) is 0 Å². The third kappa shape index (κ3) is 4.88. The van der Waals surface area contributed by atoms with Crippen molar-refractivity contribution in [3.8, 4) is 0 Å². The summed E-state index contributed by atoms with van der Waals surface area (Å²) in [5, 5.41) is 8.84. The molecule has 1 rings (SSSR count). The molecule has 0 saturated heterocycles. The standard InChI is InChI=1S/C15H23NO2/c1-12-7-4-5-8-14(12)9-6-10-16(3)11-13(2)15(17)18/h4-5,7-8,13H,6,9-11H2,1-3H3,(H,17,18). The molecule has 3 heteroatoms. The van der Waals surface area contributed by atoms with Gasteiger partial charge in [-0.3, -0.25) is 4.79 Å². The van der Waals surface area contributed by atoms with Crippen LogP contribution in [0.5, 0.6) is 0 Å². The van der Waals surface area contributed by atoms with Crippen molar-refractivity contribution < 1.29 is 9.90 Å². The van der Waals surface area contributed by atoms with E-state index in [0.29, 0.717) is 6.54 Å². The number of carboxylic acid groups (broad SMARTS) is 1. The van der Waals surface area contributed by atoms with Crippen LogP contribution in [0.2, 0.25) is 0 Å². The molecule has 0 aliphatic carbocycles. The van der Waals surface area contributed by atoms with E-state index < -0.39 is 5.97 Å². The molecule has 1 atom stereocenters. The van der Waals surface area contributed by atoms with E-state index in [2.05, 4.69) is 36.1 Å². The van der Waals surface area contributed by atoms with Gasteiger partial charge in [-0.1, -0.05) is 31.2 Å². The zero-order chi connectivity index (χ0) is 13.5. The average molecular weight is 249 g/mol. The summed E-state index contributed by atoms with van der Waals surface area (Å²) in [6, 6.07) is 8.42. The molecule has 100 valence electrons. The highest BCUT2D eigenvalue weighted by molar-refractivity contribution is 5.69. The second-order valence-corrected chi connectivity index (χ2v) is 5.03. The number of hydrogen-bond donors (Lipinski definition) is 1. The topological polar surface area (TPSA) is 40.5 Å². The van der Waals surface area contributed by atoms with E-state index in [4.69, 9.17) is 5.11 Å². The number of carboxylic acids is 1. The number of rotatable bonds is 7. The van der Waals surface area contributed by atoms with E-state index in [1.807, 2.05) is 7.05 Å². The SMILES string of the molecule is Cc1ccccc1CCCN(C)CC(C)C(=O)O. The molecule has 0 aliphatic rings. The Morgan fingerprint density at radius 1 is 1.39 bits per heavy atom. The molecule has 0 spiro atoms. The Labute approximate surface area is 109 Å². The highest BCUT2D eigenvalue weighted by atomic mass is 16.4. The summed E-state index contributed by atoms with van der Waals surface area (Å²) < 4.78 is 0. The predicted octanol–water partition coefficient (Wildman–Crippen LogP) is 2.58. The summed E-state index contributed by atoms with van der Waals surface area (Å²) in [6.45, 7) is 5.43. The number of hydrogen-bond acceptors (Lipinski definition) is 2. The Morgan fingerprint density at radius 3 is 2.67 bits per heavy atom. The van der Waals surface area contributed by atoms with Crippen LogP contribution in [-0.2, 0) is 11.2 Å². The molecule has 1 aromatic carbocycles. The summed E-state index contributed by atoms with van der Waals surface area (Å²) in [4.78, 5) is 12.8. The van der Waals surface area contributed by atoms with E-state index in [-0.39, 0.29) is 5.92 Å². The van der Waals surface area contributed by atoms with Gasteiger partial charge in [0, 0.05) is 6.54 Å². The smallest absolute Gasteiger partial charge is 0.307 e. The quantitative estimate of drug-likeness (QED) is 0.807. The van der Waals surface area contributed by atoms with Gasteiger partial charge in [0.05, 0.1) is 5.92 Å². The van der Waals surface area contributed by atoms with E-state index >= 15 is 0 Å². The van der Waals surface area contributed by atoms with E-state index in [1.54, 1.807) is 6.92 Å². The summed E-state index contributed by atoms with van der Waals surface area (Å²) in [6.07, 6.45) is 2.12. The fraction of sp³-hybridized carbons (Fsp3) is 0.533. The van der Waals surface area contributed by atoms with Crippen molar-refractivity contribution in [2.75, 3.05) is 20.1 Å². The number of carbonyl (C=O) groups is 1. The molecule has 18 heavy (non-hydrogen) atoms. The minimum Gasteiger partial charge on any atom is -0.481 e. The lowest BCUT2D eigenvalue weighted by molar-refractivity contribution is -0.141. The molecule has 0 fully saturated rings. The number of nitrogens with zero attached hydrogens (tertiary/aromatic N) is 1. The molecular weight excluding hydrogens is 226 g/mol. The van der Waals surface area contributed by atoms with E-state index in [9.17, 15) is 4.79 Å².